The summed E-state index contributed by atoms with van der Waals surface area (Å²) >= 11 is 0. The van der Waals surface area contributed by atoms with Gasteiger partial charge in [0.15, 0.2) is 0 Å². The summed E-state index contributed by atoms with van der Waals surface area (Å²) in [4.78, 5) is 16.6. The fraction of sp³-hybridized carbons (Fsp3) is 0.444. The molecule has 2 aromatic rings. The fourth-order valence-corrected chi connectivity index (χ4v) is 3.03. The van der Waals surface area contributed by atoms with E-state index in [2.05, 4.69) is 20.2 Å². The van der Waals surface area contributed by atoms with E-state index in [0.29, 0.717) is 6.54 Å². The summed E-state index contributed by atoms with van der Waals surface area (Å²) in [5, 5.41) is 5.97. The summed E-state index contributed by atoms with van der Waals surface area (Å²) in [6.45, 7) is 3.63. The zero-order valence-corrected chi connectivity index (χ0v) is 16.3. The summed E-state index contributed by atoms with van der Waals surface area (Å²) in [6, 6.07) is 7.96. The summed E-state index contributed by atoms with van der Waals surface area (Å²) in [5.74, 6) is 1.01. The highest BCUT2D eigenvalue weighted by Crippen LogP contribution is 2.25. The Morgan fingerprint density at radius 2 is 1.96 bits per heavy atom. The Balaban J connectivity index is 0.00000156. The van der Waals surface area contributed by atoms with Crippen molar-refractivity contribution in [2.75, 3.05) is 18.9 Å². The Morgan fingerprint density at radius 1 is 1.24 bits per heavy atom. The van der Waals surface area contributed by atoms with E-state index in [1.165, 1.54) is 18.5 Å². The minimum Gasteiger partial charge on any atom is -0.328 e. The number of nitrogens with one attached hydrogen (secondary N) is 2. The third-order valence-corrected chi connectivity index (χ3v) is 4.37. The predicted molar refractivity (Wildman–Crippen MR) is 107 cm³/mol. The molecule has 2 N–H and O–H groups in total. The highest BCUT2D eigenvalue weighted by atomic mass is 35.5. The Kier molecular flexibility index (Phi) is 8.42. The van der Waals surface area contributed by atoms with Gasteiger partial charge in [-0.2, -0.15) is 0 Å². The molecular formula is C18H26Cl2N4O. The molecule has 0 saturated carbocycles. The zero-order valence-electron chi connectivity index (χ0n) is 14.6. The number of aromatic nitrogens is 2. The zero-order chi connectivity index (χ0) is 16.2. The molecule has 1 aromatic carbocycles. The van der Waals surface area contributed by atoms with Crippen molar-refractivity contribution in [1.29, 1.82) is 0 Å². The molecule has 1 atom stereocenters. The van der Waals surface area contributed by atoms with Gasteiger partial charge in [0, 0.05) is 42.1 Å². The number of amides is 1. The van der Waals surface area contributed by atoms with Gasteiger partial charge >= 0.3 is 0 Å². The normalized spacial score (nSPS) is 13.8. The minimum atomic E-state index is -0.0565. The molecule has 0 spiro atoms. The third kappa shape index (κ3) is 4.97. The van der Waals surface area contributed by atoms with Crippen LogP contribution in [0, 0.1) is 5.92 Å². The monoisotopic (exact) mass is 384 g/mol. The van der Waals surface area contributed by atoms with E-state index < -0.39 is 0 Å². The summed E-state index contributed by atoms with van der Waals surface area (Å²) in [6.07, 6.45) is 5.57. The van der Waals surface area contributed by atoms with Crippen LogP contribution in [-0.4, -0.2) is 29.1 Å². The van der Waals surface area contributed by atoms with Gasteiger partial charge in [0.25, 0.3) is 0 Å². The predicted octanol–water partition coefficient (Wildman–Crippen LogP) is 3.52. The molecule has 1 aromatic heterocycles. The van der Waals surface area contributed by atoms with Gasteiger partial charge in [-0.3, -0.25) is 4.79 Å². The summed E-state index contributed by atoms with van der Waals surface area (Å²) in [5.41, 5.74) is 3.25. The van der Waals surface area contributed by atoms with Crippen LogP contribution >= 0.6 is 24.8 Å². The van der Waals surface area contributed by atoms with Crippen molar-refractivity contribution in [1.82, 2.24) is 14.9 Å². The molecule has 138 valence electrons. The van der Waals surface area contributed by atoms with Gasteiger partial charge in [-0.1, -0.05) is 6.92 Å². The van der Waals surface area contributed by atoms with Gasteiger partial charge in [0.1, 0.15) is 5.82 Å². The molecule has 2 heterocycles. The van der Waals surface area contributed by atoms with Crippen molar-refractivity contribution in [3.05, 3.63) is 36.2 Å². The second-order valence-electron chi connectivity index (χ2n) is 6.21. The number of benzene rings is 1. The maximum atomic E-state index is 12.0. The van der Waals surface area contributed by atoms with E-state index >= 15 is 0 Å². The van der Waals surface area contributed by atoms with Crippen LogP contribution in [0.2, 0.25) is 0 Å². The number of aryl methyl sites for hydroxylation is 1. The molecule has 0 bridgehead atoms. The van der Waals surface area contributed by atoms with E-state index in [-0.39, 0.29) is 36.6 Å². The van der Waals surface area contributed by atoms with Gasteiger partial charge in [-0.15, -0.1) is 24.8 Å². The van der Waals surface area contributed by atoms with Crippen LogP contribution in [0.1, 0.15) is 25.5 Å². The van der Waals surface area contributed by atoms with Crippen LogP contribution in [0.5, 0.6) is 0 Å². The standard InChI is InChI=1S/C18H24N4O.2ClH/c1-13(11-19-2)18(23)21-15-8-6-14(7-9-15)17-20-12-16-5-3-4-10-22(16)17;;/h6-9,12-13,19H,3-5,10-11H2,1-2H3,(H,21,23);2*1H. The quantitative estimate of drug-likeness (QED) is 0.828. The van der Waals surface area contributed by atoms with Crippen LogP contribution in [0.3, 0.4) is 0 Å². The molecule has 0 radical (unpaired) electrons. The molecule has 3 rings (SSSR count). The number of nitrogens with zero attached hydrogens (tertiary/aromatic N) is 2. The number of carbonyl (C=O) groups is 1. The largest absolute Gasteiger partial charge is 0.328 e. The topological polar surface area (TPSA) is 59.0 Å². The molecule has 25 heavy (non-hydrogen) atoms. The van der Waals surface area contributed by atoms with E-state index in [1.807, 2.05) is 44.4 Å². The van der Waals surface area contributed by atoms with Crippen molar-refractivity contribution in [3.8, 4) is 11.4 Å². The molecule has 1 aliphatic rings. The third-order valence-electron chi connectivity index (χ3n) is 4.37. The van der Waals surface area contributed by atoms with Gasteiger partial charge in [0.2, 0.25) is 5.91 Å². The lowest BCUT2D eigenvalue weighted by Crippen LogP contribution is -2.28. The molecule has 7 heteroatoms. The van der Waals surface area contributed by atoms with Crippen molar-refractivity contribution in [2.45, 2.75) is 32.7 Å². The van der Waals surface area contributed by atoms with Gasteiger partial charge in [0.05, 0.1) is 0 Å². The fourth-order valence-electron chi connectivity index (χ4n) is 3.03. The lowest BCUT2D eigenvalue weighted by molar-refractivity contribution is -0.119. The molecule has 1 aliphatic heterocycles. The molecule has 1 unspecified atom stereocenters. The highest BCUT2D eigenvalue weighted by molar-refractivity contribution is 5.92. The number of imidazole rings is 1. The second-order valence-corrected chi connectivity index (χ2v) is 6.21. The number of hydrogen-bond donors (Lipinski definition) is 2. The Morgan fingerprint density at radius 3 is 2.64 bits per heavy atom. The van der Waals surface area contributed by atoms with E-state index in [9.17, 15) is 4.79 Å². The van der Waals surface area contributed by atoms with Gasteiger partial charge in [-0.05, 0) is 50.6 Å². The lowest BCUT2D eigenvalue weighted by Gasteiger charge is -2.17. The number of fused-ring (bicyclic) bond motifs is 1. The molecular weight excluding hydrogens is 359 g/mol. The van der Waals surface area contributed by atoms with Gasteiger partial charge < -0.3 is 15.2 Å². The molecule has 0 saturated heterocycles. The number of carbonyl (C=O) groups excluding carboxylic acids is 1. The average Bonchev–Trinajstić information content (AvgIpc) is 3.00. The first-order valence-corrected chi connectivity index (χ1v) is 8.29. The lowest BCUT2D eigenvalue weighted by atomic mass is 10.1. The van der Waals surface area contributed by atoms with Crippen LogP contribution in [0.25, 0.3) is 11.4 Å². The Labute approximate surface area is 161 Å². The number of rotatable bonds is 5. The van der Waals surface area contributed by atoms with Crippen LogP contribution in [0.15, 0.2) is 30.5 Å². The van der Waals surface area contributed by atoms with Crippen LogP contribution in [-0.2, 0) is 17.8 Å². The smallest absolute Gasteiger partial charge is 0.228 e. The minimum absolute atomic E-state index is 0. The molecule has 5 nitrogen and oxygen atoms in total. The first-order valence-electron chi connectivity index (χ1n) is 8.29. The molecule has 0 fully saturated rings. The first kappa shape index (κ1) is 21.5. The number of anilines is 1. The van der Waals surface area contributed by atoms with Crippen molar-refractivity contribution in [2.24, 2.45) is 5.92 Å². The van der Waals surface area contributed by atoms with E-state index in [1.54, 1.807) is 0 Å². The maximum absolute atomic E-state index is 12.0. The molecule has 0 aliphatic carbocycles. The highest BCUT2D eigenvalue weighted by Gasteiger charge is 2.15. The van der Waals surface area contributed by atoms with Crippen molar-refractivity contribution >= 4 is 36.4 Å². The van der Waals surface area contributed by atoms with E-state index in [4.69, 9.17) is 0 Å². The van der Waals surface area contributed by atoms with Crippen molar-refractivity contribution in [3.63, 3.8) is 0 Å². The molecule has 1 amide bonds. The Bertz CT molecular complexity index is 685. The summed E-state index contributed by atoms with van der Waals surface area (Å²) in [7, 11) is 1.85. The second kappa shape index (κ2) is 9.80. The maximum Gasteiger partial charge on any atom is 0.228 e. The van der Waals surface area contributed by atoms with Crippen LogP contribution < -0.4 is 10.6 Å². The Hall–Kier alpha value is -1.56. The number of hydrogen-bond acceptors (Lipinski definition) is 3. The van der Waals surface area contributed by atoms with Gasteiger partial charge in [-0.25, -0.2) is 4.98 Å². The van der Waals surface area contributed by atoms with E-state index in [0.717, 1.165) is 30.0 Å². The summed E-state index contributed by atoms with van der Waals surface area (Å²) < 4.78 is 2.31. The SMILES string of the molecule is CNCC(C)C(=O)Nc1ccc(-c2ncc3n2CCCC3)cc1.Cl.Cl. The van der Waals surface area contributed by atoms with Crippen molar-refractivity contribution < 1.29 is 4.79 Å². The first-order chi connectivity index (χ1) is 11.2. The van der Waals surface area contributed by atoms with Crippen LogP contribution in [0.4, 0.5) is 5.69 Å². The number of halogens is 2. The average molecular weight is 385 g/mol.